The van der Waals surface area contributed by atoms with Gasteiger partial charge < -0.3 is 15.0 Å². The number of aromatic hydroxyl groups is 1. The summed E-state index contributed by atoms with van der Waals surface area (Å²) in [6.45, 7) is 4.96. The van der Waals surface area contributed by atoms with Crippen LogP contribution in [0.15, 0.2) is 29.2 Å². The fraction of sp³-hybridized carbons (Fsp3) is 0.522. The Labute approximate surface area is 184 Å². The van der Waals surface area contributed by atoms with Crippen molar-refractivity contribution in [3.05, 3.63) is 41.2 Å². The lowest BCUT2D eigenvalue weighted by atomic mass is 9.95. The summed E-state index contributed by atoms with van der Waals surface area (Å²) in [4.78, 5) is 13.1. The third-order valence-corrected chi connectivity index (χ3v) is 8.48. The van der Waals surface area contributed by atoms with Crippen LogP contribution < -0.4 is 5.32 Å². The molecule has 1 aliphatic heterocycles. The third-order valence-electron chi connectivity index (χ3n) is 6.59. The lowest BCUT2D eigenvalue weighted by molar-refractivity contribution is 0.102. The standard InChI is InChI=1S/C23H31N3O4S/c1-16-14-20(17(2)26(16)18-8-4-3-5-9-18)23(28)24-21-15-19(10-11-22(21)27)31(29,30)25-12-6-7-13-25/h10-11,14-15,18,27H,3-9,12-13H2,1-2H3,(H,24,28). The van der Waals surface area contributed by atoms with Crippen molar-refractivity contribution >= 4 is 21.6 Å². The largest absolute Gasteiger partial charge is 0.506 e. The maximum atomic E-state index is 13.1. The molecule has 2 aromatic rings. The molecule has 0 bridgehead atoms. The van der Waals surface area contributed by atoms with E-state index in [9.17, 15) is 18.3 Å². The lowest BCUT2D eigenvalue weighted by Gasteiger charge is -2.26. The van der Waals surface area contributed by atoms with Gasteiger partial charge in [-0.25, -0.2) is 8.42 Å². The Morgan fingerprint density at radius 2 is 1.71 bits per heavy atom. The molecular weight excluding hydrogens is 414 g/mol. The van der Waals surface area contributed by atoms with Crippen LogP contribution in [0.5, 0.6) is 5.75 Å². The number of aromatic nitrogens is 1. The molecular formula is C23H31N3O4S. The highest BCUT2D eigenvalue weighted by Gasteiger charge is 2.28. The normalized spacial score (nSPS) is 18.4. The van der Waals surface area contributed by atoms with Crippen LogP contribution in [-0.2, 0) is 10.0 Å². The number of hydrogen-bond acceptors (Lipinski definition) is 4. The van der Waals surface area contributed by atoms with Crippen molar-refractivity contribution in [2.24, 2.45) is 0 Å². The summed E-state index contributed by atoms with van der Waals surface area (Å²) in [5.74, 6) is -0.504. The van der Waals surface area contributed by atoms with E-state index >= 15 is 0 Å². The molecule has 2 aliphatic rings. The molecule has 1 amide bonds. The summed E-state index contributed by atoms with van der Waals surface area (Å²) in [5.41, 5.74) is 2.61. The first-order valence-corrected chi connectivity index (χ1v) is 12.6. The predicted octanol–water partition coefficient (Wildman–Crippen LogP) is 4.35. The fourth-order valence-corrected chi connectivity index (χ4v) is 6.49. The summed E-state index contributed by atoms with van der Waals surface area (Å²) >= 11 is 0. The van der Waals surface area contributed by atoms with Crippen LogP contribution >= 0.6 is 0 Å². The number of sulfonamides is 1. The Bertz CT molecular complexity index is 1080. The third kappa shape index (κ3) is 4.23. The van der Waals surface area contributed by atoms with Crippen LogP contribution in [-0.4, -0.2) is 41.4 Å². The number of rotatable bonds is 5. The zero-order valence-electron chi connectivity index (χ0n) is 18.2. The molecule has 0 atom stereocenters. The van der Waals surface area contributed by atoms with Gasteiger partial charge in [0.05, 0.1) is 16.1 Å². The molecule has 2 fully saturated rings. The first-order valence-electron chi connectivity index (χ1n) is 11.1. The summed E-state index contributed by atoms with van der Waals surface area (Å²) in [5, 5.41) is 13.0. The number of phenolic OH excluding ortho intramolecular Hbond substituents is 1. The average molecular weight is 446 g/mol. The van der Waals surface area contributed by atoms with Crippen molar-refractivity contribution in [1.82, 2.24) is 8.87 Å². The Kier molecular flexibility index (Phi) is 6.12. The van der Waals surface area contributed by atoms with Crippen LogP contribution in [0.4, 0.5) is 5.69 Å². The second-order valence-electron chi connectivity index (χ2n) is 8.69. The molecule has 168 valence electrons. The molecule has 2 heterocycles. The van der Waals surface area contributed by atoms with Gasteiger partial charge in [0.1, 0.15) is 5.75 Å². The summed E-state index contributed by atoms with van der Waals surface area (Å²) in [7, 11) is -3.64. The minimum atomic E-state index is -3.64. The lowest BCUT2D eigenvalue weighted by Crippen LogP contribution is -2.28. The van der Waals surface area contributed by atoms with Crippen LogP contribution in [0.3, 0.4) is 0 Å². The first-order chi connectivity index (χ1) is 14.8. The molecule has 1 aliphatic carbocycles. The topological polar surface area (TPSA) is 91.6 Å². The summed E-state index contributed by atoms with van der Waals surface area (Å²) in [6.07, 6.45) is 7.60. The molecule has 1 saturated carbocycles. The molecule has 1 aromatic carbocycles. The molecule has 1 aromatic heterocycles. The number of nitrogens with zero attached hydrogens (tertiary/aromatic N) is 2. The summed E-state index contributed by atoms with van der Waals surface area (Å²) < 4.78 is 29.4. The highest BCUT2D eigenvalue weighted by Crippen LogP contribution is 2.33. The van der Waals surface area contributed by atoms with E-state index in [1.807, 2.05) is 19.9 Å². The van der Waals surface area contributed by atoms with E-state index in [2.05, 4.69) is 9.88 Å². The van der Waals surface area contributed by atoms with Gasteiger partial charge in [-0.2, -0.15) is 4.31 Å². The molecule has 8 heteroatoms. The maximum Gasteiger partial charge on any atom is 0.257 e. The molecule has 31 heavy (non-hydrogen) atoms. The SMILES string of the molecule is Cc1cc(C(=O)Nc2cc(S(=O)(=O)N3CCCC3)ccc2O)c(C)n1C1CCCCC1. The van der Waals surface area contributed by atoms with Gasteiger partial charge in [0.2, 0.25) is 10.0 Å². The Morgan fingerprint density at radius 1 is 1.03 bits per heavy atom. The van der Waals surface area contributed by atoms with Gasteiger partial charge in [-0.05, 0) is 63.8 Å². The number of anilines is 1. The van der Waals surface area contributed by atoms with E-state index in [-0.39, 0.29) is 22.2 Å². The maximum absolute atomic E-state index is 13.1. The Morgan fingerprint density at radius 3 is 2.39 bits per heavy atom. The van der Waals surface area contributed by atoms with Crippen molar-refractivity contribution in [3.63, 3.8) is 0 Å². The number of aryl methyl sites for hydroxylation is 1. The molecule has 0 spiro atoms. The van der Waals surface area contributed by atoms with Gasteiger partial charge in [-0.1, -0.05) is 19.3 Å². The van der Waals surface area contributed by atoms with E-state index in [4.69, 9.17) is 0 Å². The molecule has 4 rings (SSSR count). The molecule has 1 saturated heterocycles. The second kappa shape index (κ2) is 8.67. The number of benzene rings is 1. The Hall–Kier alpha value is -2.32. The molecule has 7 nitrogen and oxygen atoms in total. The highest BCUT2D eigenvalue weighted by molar-refractivity contribution is 7.89. The van der Waals surface area contributed by atoms with Crippen LogP contribution in [0.1, 0.15) is 72.7 Å². The minimum Gasteiger partial charge on any atom is -0.506 e. The van der Waals surface area contributed by atoms with Crippen molar-refractivity contribution in [2.75, 3.05) is 18.4 Å². The second-order valence-corrected chi connectivity index (χ2v) is 10.6. The van der Waals surface area contributed by atoms with Gasteiger partial charge in [0.15, 0.2) is 0 Å². The zero-order chi connectivity index (χ0) is 22.2. The van der Waals surface area contributed by atoms with Gasteiger partial charge in [-0.15, -0.1) is 0 Å². The molecule has 0 unspecified atom stereocenters. The zero-order valence-corrected chi connectivity index (χ0v) is 19.0. The number of carbonyl (C=O) groups excluding carboxylic acids is 1. The van der Waals surface area contributed by atoms with Crippen molar-refractivity contribution in [2.45, 2.75) is 69.7 Å². The summed E-state index contributed by atoms with van der Waals surface area (Å²) in [6, 6.07) is 6.34. The predicted molar refractivity (Wildman–Crippen MR) is 120 cm³/mol. The number of carbonyl (C=O) groups is 1. The van der Waals surface area contributed by atoms with Crippen LogP contribution in [0, 0.1) is 13.8 Å². The number of hydrogen-bond donors (Lipinski definition) is 2. The van der Waals surface area contributed by atoms with E-state index < -0.39 is 10.0 Å². The van der Waals surface area contributed by atoms with E-state index in [0.29, 0.717) is 24.7 Å². The van der Waals surface area contributed by atoms with Crippen LogP contribution in [0.25, 0.3) is 0 Å². The van der Waals surface area contributed by atoms with Gasteiger partial charge in [0, 0.05) is 30.5 Å². The number of amides is 1. The quantitative estimate of drug-likeness (QED) is 0.669. The van der Waals surface area contributed by atoms with Crippen molar-refractivity contribution in [1.29, 1.82) is 0 Å². The van der Waals surface area contributed by atoms with E-state index in [0.717, 1.165) is 37.1 Å². The van der Waals surface area contributed by atoms with Gasteiger partial charge in [-0.3, -0.25) is 4.79 Å². The highest BCUT2D eigenvalue weighted by atomic mass is 32.2. The average Bonchev–Trinajstić information content (AvgIpc) is 3.39. The molecule has 2 N–H and O–H groups in total. The minimum absolute atomic E-state index is 0.0789. The van der Waals surface area contributed by atoms with Crippen LogP contribution in [0.2, 0.25) is 0 Å². The number of phenols is 1. The van der Waals surface area contributed by atoms with Crippen molar-refractivity contribution in [3.8, 4) is 5.75 Å². The molecule has 0 radical (unpaired) electrons. The van der Waals surface area contributed by atoms with E-state index in [1.165, 1.54) is 41.8 Å². The fourth-order valence-electron chi connectivity index (χ4n) is 4.95. The van der Waals surface area contributed by atoms with E-state index in [1.54, 1.807) is 0 Å². The van der Waals surface area contributed by atoms with Gasteiger partial charge >= 0.3 is 0 Å². The monoisotopic (exact) mass is 445 g/mol. The number of nitrogens with one attached hydrogen (secondary N) is 1. The smallest absolute Gasteiger partial charge is 0.257 e. The van der Waals surface area contributed by atoms with Crippen molar-refractivity contribution < 1.29 is 18.3 Å². The first kappa shape index (κ1) is 21.9. The van der Waals surface area contributed by atoms with Gasteiger partial charge in [0.25, 0.3) is 5.91 Å². The Balaban J connectivity index is 1.59.